The van der Waals surface area contributed by atoms with Crippen molar-refractivity contribution >= 4 is 5.97 Å². The molecule has 0 radical (unpaired) electrons. The van der Waals surface area contributed by atoms with Gasteiger partial charge in [0, 0.05) is 0 Å². The second-order valence-electron chi connectivity index (χ2n) is 7.94. The molecule has 0 saturated carbocycles. The highest BCUT2D eigenvalue weighted by Crippen LogP contribution is 2.12. The molecule has 1 unspecified atom stereocenters. The monoisotopic (exact) mass is 369 g/mol. The molecule has 0 saturated heterocycles. The molecular formula is C23H47NO2. The third-order valence-electron chi connectivity index (χ3n) is 5.32. The van der Waals surface area contributed by atoms with Gasteiger partial charge in [-0.05, 0) is 19.4 Å². The first kappa shape index (κ1) is 25.4. The van der Waals surface area contributed by atoms with Gasteiger partial charge in [-0.25, -0.2) is 0 Å². The standard InChI is InChI=1S/C23H47NO2/c1-3-5-7-9-11-12-13-14-16-18-20-22(23(25)26)24-21-19-17-15-10-8-6-4-2/h22,24H,3-21H2,1-2H3,(H,25,26). The second kappa shape index (κ2) is 20.7. The molecule has 0 aliphatic carbocycles. The average molecular weight is 370 g/mol. The SMILES string of the molecule is CCCCCCCCCCCCC(NCCCCCCCCC)C(=O)O. The van der Waals surface area contributed by atoms with Crippen molar-refractivity contribution in [3.8, 4) is 0 Å². The van der Waals surface area contributed by atoms with Gasteiger partial charge in [0.15, 0.2) is 0 Å². The fourth-order valence-electron chi connectivity index (χ4n) is 3.51. The first-order chi connectivity index (χ1) is 12.7. The number of hydrogen-bond acceptors (Lipinski definition) is 2. The summed E-state index contributed by atoms with van der Waals surface area (Å²) < 4.78 is 0. The molecule has 0 spiro atoms. The van der Waals surface area contributed by atoms with Crippen molar-refractivity contribution in [2.75, 3.05) is 6.54 Å². The molecule has 0 heterocycles. The number of unbranched alkanes of at least 4 members (excludes halogenated alkanes) is 15. The van der Waals surface area contributed by atoms with Crippen molar-refractivity contribution in [1.29, 1.82) is 0 Å². The lowest BCUT2D eigenvalue weighted by Gasteiger charge is -2.14. The molecule has 0 amide bonds. The van der Waals surface area contributed by atoms with Crippen molar-refractivity contribution < 1.29 is 9.90 Å². The molecule has 0 aliphatic heterocycles. The van der Waals surface area contributed by atoms with Crippen molar-refractivity contribution in [3.05, 3.63) is 0 Å². The van der Waals surface area contributed by atoms with Crippen LogP contribution in [0.4, 0.5) is 0 Å². The van der Waals surface area contributed by atoms with Gasteiger partial charge in [-0.1, -0.05) is 117 Å². The van der Waals surface area contributed by atoms with Gasteiger partial charge in [0.1, 0.15) is 6.04 Å². The Labute approximate surface area is 163 Å². The molecule has 0 rings (SSSR count). The van der Waals surface area contributed by atoms with Gasteiger partial charge in [-0.3, -0.25) is 4.79 Å². The summed E-state index contributed by atoms with van der Waals surface area (Å²) in [6, 6.07) is -0.343. The summed E-state index contributed by atoms with van der Waals surface area (Å²) in [4.78, 5) is 11.4. The van der Waals surface area contributed by atoms with Gasteiger partial charge in [0.25, 0.3) is 0 Å². The van der Waals surface area contributed by atoms with Crippen LogP contribution in [0, 0.1) is 0 Å². The fourth-order valence-corrected chi connectivity index (χ4v) is 3.51. The summed E-state index contributed by atoms with van der Waals surface area (Å²) in [6.07, 6.45) is 22.7. The number of aliphatic carboxylic acids is 1. The van der Waals surface area contributed by atoms with Crippen LogP contribution in [-0.2, 0) is 4.79 Å². The third kappa shape index (κ3) is 18.2. The normalized spacial score (nSPS) is 12.4. The zero-order valence-electron chi connectivity index (χ0n) is 17.9. The van der Waals surface area contributed by atoms with Gasteiger partial charge in [-0.2, -0.15) is 0 Å². The van der Waals surface area contributed by atoms with Crippen LogP contribution in [0.15, 0.2) is 0 Å². The predicted molar refractivity (Wildman–Crippen MR) is 114 cm³/mol. The molecule has 0 aliphatic rings. The Morgan fingerprint density at radius 1 is 0.654 bits per heavy atom. The minimum absolute atomic E-state index is 0.343. The fraction of sp³-hybridized carbons (Fsp3) is 0.957. The second-order valence-corrected chi connectivity index (χ2v) is 7.94. The molecule has 1 atom stereocenters. The van der Waals surface area contributed by atoms with Gasteiger partial charge in [0.05, 0.1) is 0 Å². The van der Waals surface area contributed by atoms with Gasteiger partial charge in [-0.15, -0.1) is 0 Å². The molecule has 3 heteroatoms. The summed E-state index contributed by atoms with van der Waals surface area (Å²) in [5.74, 6) is -0.677. The maximum absolute atomic E-state index is 11.4. The molecular weight excluding hydrogens is 322 g/mol. The largest absolute Gasteiger partial charge is 0.480 e. The highest BCUT2D eigenvalue weighted by atomic mass is 16.4. The van der Waals surface area contributed by atoms with Crippen LogP contribution in [0.1, 0.15) is 129 Å². The minimum Gasteiger partial charge on any atom is -0.480 e. The maximum Gasteiger partial charge on any atom is 0.320 e. The topological polar surface area (TPSA) is 49.3 Å². The zero-order chi connectivity index (χ0) is 19.3. The summed E-state index contributed by atoms with van der Waals surface area (Å²) in [7, 11) is 0. The van der Waals surface area contributed by atoms with Crippen LogP contribution in [0.25, 0.3) is 0 Å². The van der Waals surface area contributed by atoms with Crippen LogP contribution < -0.4 is 5.32 Å². The van der Waals surface area contributed by atoms with E-state index in [1.54, 1.807) is 0 Å². The lowest BCUT2D eigenvalue weighted by Crippen LogP contribution is -2.37. The smallest absolute Gasteiger partial charge is 0.320 e. The lowest BCUT2D eigenvalue weighted by molar-refractivity contribution is -0.139. The van der Waals surface area contributed by atoms with Crippen molar-refractivity contribution in [1.82, 2.24) is 5.32 Å². The highest BCUT2D eigenvalue weighted by molar-refractivity contribution is 5.73. The van der Waals surface area contributed by atoms with Crippen LogP contribution in [0.3, 0.4) is 0 Å². The van der Waals surface area contributed by atoms with E-state index in [1.807, 2.05) is 0 Å². The molecule has 0 aromatic carbocycles. The van der Waals surface area contributed by atoms with Gasteiger partial charge >= 0.3 is 5.97 Å². The summed E-state index contributed by atoms with van der Waals surface area (Å²) in [6.45, 7) is 5.35. The maximum atomic E-state index is 11.4. The molecule has 0 aromatic rings. The summed E-state index contributed by atoms with van der Waals surface area (Å²) in [5, 5.41) is 12.6. The molecule has 156 valence electrons. The summed E-state index contributed by atoms with van der Waals surface area (Å²) >= 11 is 0. The highest BCUT2D eigenvalue weighted by Gasteiger charge is 2.15. The molecule has 0 aromatic heterocycles. The molecule has 3 nitrogen and oxygen atoms in total. The van der Waals surface area contributed by atoms with Crippen LogP contribution in [-0.4, -0.2) is 23.7 Å². The Hall–Kier alpha value is -0.570. The van der Waals surface area contributed by atoms with Crippen LogP contribution in [0.5, 0.6) is 0 Å². The van der Waals surface area contributed by atoms with Crippen molar-refractivity contribution in [2.45, 2.75) is 135 Å². The quantitative estimate of drug-likeness (QED) is 0.212. The van der Waals surface area contributed by atoms with E-state index in [1.165, 1.54) is 96.3 Å². The lowest BCUT2D eigenvalue weighted by atomic mass is 10.0. The van der Waals surface area contributed by atoms with Crippen LogP contribution in [0.2, 0.25) is 0 Å². The number of carbonyl (C=O) groups is 1. The van der Waals surface area contributed by atoms with Crippen molar-refractivity contribution in [2.24, 2.45) is 0 Å². The minimum atomic E-state index is -0.677. The average Bonchev–Trinajstić information content (AvgIpc) is 2.63. The van der Waals surface area contributed by atoms with E-state index >= 15 is 0 Å². The first-order valence-corrected chi connectivity index (χ1v) is 11.7. The Morgan fingerprint density at radius 2 is 1.04 bits per heavy atom. The van der Waals surface area contributed by atoms with E-state index in [0.29, 0.717) is 0 Å². The van der Waals surface area contributed by atoms with E-state index in [0.717, 1.165) is 25.8 Å². The number of rotatable bonds is 21. The van der Waals surface area contributed by atoms with Gasteiger partial charge in [0.2, 0.25) is 0 Å². The Bertz CT molecular complexity index is 294. The summed E-state index contributed by atoms with van der Waals surface area (Å²) in [5.41, 5.74) is 0. The zero-order valence-corrected chi connectivity index (χ0v) is 17.9. The van der Waals surface area contributed by atoms with E-state index in [2.05, 4.69) is 19.2 Å². The number of carboxylic acid groups (broad SMARTS) is 1. The van der Waals surface area contributed by atoms with Crippen molar-refractivity contribution in [3.63, 3.8) is 0 Å². The Morgan fingerprint density at radius 3 is 1.46 bits per heavy atom. The van der Waals surface area contributed by atoms with Gasteiger partial charge < -0.3 is 10.4 Å². The Balaban J connectivity index is 3.46. The van der Waals surface area contributed by atoms with E-state index in [9.17, 15) is 9.90 Å². The molecule has 0 fully saturated rings. The van der Waals surface area contributed by atoms with E-state index in [4.69, 9.17) is 0 Å². The van der Waals surface area contributed by atoms with Crippen LogP contribution >= 0.6 is 0 Å². The Kier molecular flexibility index (Phi) is 20.3. The molecule has 2 N–H and O–H groups in total. The van der Waals surface area contributed by atoms with E-state index in [-0.39, 0.29) is 6.04 Å². The third-order valence-corrected chi connectivity index (χ3v) is 5.32. The number of hydrogen-bond donors (Lipinski definition) is 2. The number of carboxylic acids is 1. The predicted octanol–water partition coefficient (Wildman–Crippen LogP) is 7.09. The first-order valence-electron chi connectivity index (χ1n) is 11.7. The van der Waals surface area contributed by atoms with E-state index < -0.39 is 5.97 Å². The molecule has 0 bridgehead atoms. The number of nitrogens with one attached hydrogen (secondary N) is 1. The molecule has 26 heavy (non-hydrogen) atoms.